The zero-order valence-corrected chi connectivity index (χ0v) is 19.5. The lowest BCUT2D eigenvalue weighted by atomic mass is 10.0. The van der Waals surface area contributed by atoms with Crippen molar-refractivity contribution < 1.29 is 13.6 Å². The van der Waals surface area contributed by atoms with E-state index in [1.807, 2.05) is 49.3 Å². The molecule has 1 heterocycles. The first kappa shape index (κ1) is 23.7. The quantitative estimate of drug-likeness (QED) is 0.565. The molecule has 7 heteroatoms. The number of nitrogens with one attached hydrogen (secondary N) is 1. The van der Waals surface area contributed by atoms with Crippen molar-refractivity contribution in [3.05, 3.63) is 95.6 Å². The summed E-state index contributed by atoms with van der Waals surface area (Å²) in [6.07, 6.45) is 0. The van der Waals surface area contributed by atoms with Crippen molar-refractivity contribution in [2.75, 3.05) is 56.6 Å². The molecule has 4 rings (SSSR count). The van der Waals surface area contributed by atoms with Crippen molar-refractivity contribution >= 4 is 17.3 Å². The van der Waals surface area contributed by atoms with E-state index in [1.54, 1.807) is 0 Å². The molecule has 0 aromatic heterocycles. The van der Waals surface area contributed by atoms with Crippen LogP contribution < -0.4 is 15.1 Å². The molecule has 3 aromatic rings. The van der Waals surface area contributed by atoms with Crippen LogP contribution in [0.2, 0.25) is 0 Å². The highest BCUT2D eigenvalue weighted by atomic mass is 19.1. The highest BCUT2D eigenvalue weighted by molar-refractivity contribution is 5.94. The van der Waals surface area contributed by atoms with Gasteiger partial charge < -0.3 is 15.1 Å². The molecule has 3 aromatic carbocycles. The van der Waals surface area contributed by atoms with Gasteiger partial charge in [-0.2, -0.15) is 0 Å². The number of piperazine rings is 1. The van der Waals surface area contributed by atoms with Crippen LogP contribution in [0.25, 0.3) is 0 Å². The van der Waals surface area contributed by atoms with E-state index in [4.69, 9.17) is 0 Å². The Morgan fingerprint density at radius 2 is 1.50 bits per heavy atom. The molecule has 1 atom stereocenters. The van der Waals surface area contributed by atoms with E-state index in [1.165, 1.54) is 11.8 Å². The van der Waals surface area contributed by atoms with Crippen LogP contribution in [0, 0.1) is 11.6 Å². The molecule has 1 aliphatic rings. The van der Waals surface area contributed by atoms with E-state index in [-0.39, 0.29) is 12.6 Å². The van der Waals surface area contributed by atoms with Gasteiger partial charge in [0.25, 0.3) is 5.91 Å². The molecule has 1 amide bonds. The number of para-hydroxylation sites is 1. The van der Waals surface area contributed by atoms with Crippen molar-refractivity contribution in [1.29, 1.82) is 0 Å². The Balaban J connectivity index is 1.51. The number of hydrogen-bond acceptors (Lipinski definition) is 4. The van der Waals surface area contributed by atoms with Crippen LogP contribution in [0.15, 0.2) is 72.8 Å². The highest BCUT2D eigenvalue weighted by Gasteiger charge is 2.27. The molecule has 1 fully saturated rings. The van der Waals surface area contributed by atoms with Crippen LogP contribution in [0.1, 0.15) is 22.0 Å². The summed E-state index contributed by atoms with van der Waals surface area (Å²) >= 11 is 0. The van der Waals surface area contributed by atoms with Gasteiger partial charge in [-0.05, 0) is 42.0 Å². The number of nitrogens with zero attached hydrogens (tertiary/aromatic N) is 3. The molecule has 0 bridgehead atoms. The number of halogens is 2. The summed E-state index contributed by atoms with van der Waals surface area (Å²) in [5.74, 6) is -2.46. The Kier molecular flexibility index (Phi) is 7.43. The summed E-state index contributed by atoms with van der Waals surface area (Å²) in [7, 11) is 3.97. The minimum absolute atomic E-state index is 0.118. The summed E-state index contributed by atoms with van der Waals surface area (Å²) in [5.41, 5.74) is 2.78. The molecular formula is C27H30F2N4O. The predicted octanol–water partition coefficient (Wildman–Crippen LogP) is 4.32. The van der Waals surface area contributed by atoms with Crippen molar-refractivity contribution in [2.24, 2.45) is 0 Å². The first-order valence-electron chi connectivity index (χ1n) is 11.5. The first-order valence-corrected chi connectivity index (χ1v) is 11.5. The van der Waals surface area contributed by atoms with E-state index in [0.29, 0.717) is 0 Å². The van der Waals surface area contributed by atoms with Crippen LogP contribution in [0.4, 0.5) is 20.2 Å². The SMILES string of the molecule is CN(C)c1ccc([C@@H](CNC(=O)c2c(F)cccc2F)N2CCN(c3ccccc3)CC2)cc1. The molecular weight excluding hydrogens is 434 g/mol. The molecule has 1 N–H and O–H groups in total. The summed E-state index contributed by atoms with van der Waals surface area (Å²) in [6, 6.07) is 21.8. The molecule has 1 aliphatic heterocycles. The second-order valence-electron chi connectivity index (χ2n) is 8.67. The summed E-state index contributed by atoms with van der Waals surface area (Å²) in [5, 5.41) is 2.77. The lowest BCUT2D eigenvalue weighted by molar-refractivity contribution is 0.0922. The van der Waals surface area contributed by atoms with E-state index in [9.17, 15) is 13.6 Å². The van der Waals surface area contributed by atoms with E-state index < -0.39 is 23.1 Å². The lowest BCUT2D eigenvalue weighted by Gasteiger charge is -2.40. The molecule has 0 spiro atoms. The molecule has 0 radical (unpaired) electrons. The number of hydrogen-bond donors (Lipinski definition) is 1. The monoisotopic (exact) mass is 464 g/mol. The van der Waals surface area contributed by atoms with Crippen LogP contribution in [0.5, 0.6) is 0 Å². The number of carbonyl (C=O) groups is 1. The number of carbonyl (C=O) groups excluding carboxylic acids is 1. The number of anilines is 2. The van der Waals surface area contributed by atoms with Gasteiger partial charge in [0.2, 0.25) is 0 Å². The minimum atomic E-state index is -0.860. The topological polar surface area (TPSA) is 38.8 Å². The average molecular weight is 465 g/mol. The fourth-order valence-electron chi connectivity index (χ4n) is 4.38. The first-order chi connectivity index (χ1) is 16.4. The van der Waals surface area contributed by atoms with Gasteiger partial charge in [0.1, 0.15) is 17.2 Å². The van der Waals surface area contributed by atoms with Crippen molar-refractivity contribution in [1.82, 2.24) is 10.2 Å². The fraction of sp³-hybridized carbons (Fsp3) is 0.296. The Labute approximate surface area is 199 Å². The summed E-state index contributed by atoms with van der Waals surface area (Å²) < 4.78 is 28.2. The molecule has 0 aliphatic carbocycles. The Hall–Kier alpha value is -3.45. The van der Waals surface area contributed by atoms with Crippen LogP contribution in [-0.2, 0) is 0 Å². The average Bonchev–Trinajstić information content (AvgIpc) is 2.85. The molecule has 178 valence electrons. The zero-order valence-electron chi connectivity index (χ0n) is 19.5. The summed E-state index contributed by atoms with van der Waals surface area (Å²) in [4.78, 5) is 19.4. The van der Waals surface area contributed by atoms with Gasteiger partial charge in [0.05, 0.1) is 6.04 Å². The fourth-order valence-corrected chi connectivity index (χ4v) is 4.38. The number of benzene rings is 3. The lowest BCUT2D eigenvalue weighted by Crippen LogP contribution is -2.50. The Bertz CT molecular complexity index is 1080. The summed E-state index contributed by atoms with van der Waals surface area (Å²) in [6.45, 7) is 3.56. The third-order valence-electron chi connectivity index (χ3n) is 6.32. The largest absolute Gasteiger partial charge is 0.378 e. The van der Waals surface area contributed by atoms with Crippen molar-refractivity contribution in [2.45, 2.75) is 6.04 Å². The highest BCUT2D eigenvalue weighted by Crippen LogP contribution is 2.26. The van der Waals surface area contributed by atoms with Gasteiger partial charge in [-0.25, -0.2) is 8.78 Å². The van der Waals surface area contributed by atoms with Crippen molar-refractivity contribution in [3.63, 3.8) is 0 Å². The maximum absolute atomic E-state index is 14.1. The van der Waals surface area contributed by atoms with E-state index in [0.717, 1.165) is 49.6 Å². The number of amides is 1. The number of rotatable bonds is 7. The molecule has 5 nitrogen and oxygen atoms in total. The standard InChI is InChI=1S/C27H30F2N4O/c1-31(2)21-13-11-20(12-14-21)25(19-30-27(34)26-23(28)9-6-10-24(26)29)33-17-15-32(16-18-33)22-7-4-3-5-8-22/h3-14,25H,15-19H2,1-2H3,(H,30,34)/t25-/m1/s1. The van der Waals surface area contributed by atoms with Gasteiger partial charge in [-0.3, -0.25) is 9.69 Å². The molecule has 34 heavy (non-hydrogen) atoms. The van der Waals surface area contributed by atoms with Crippen molar-refractivity contribution in [3.8, 4) is 0 Å². The Morgan fingerprint density at radius 3 is 2.09 bits per heavy atom. The predicted molar refractivity (Wildman–Crippen MR) is 132 cm³/mol. The maximum atomic E-state index is 14.1. The Morgan fingerprint density at radius 1 is 0.882 bits per heavy atom. The van der Waals surface area contributed by atoms with E-state index >= 15 is 0 Å². The molecule has 0 saturated carbocycles. The van der Waals surface area contributed by atoms with Gasteiger partial charge in [-0.1, -0.05) is 36.4 Å². The van der Waals surface area contributed by atoms with Gasteiger partial charge in [-0.15, -0.1) is 0 Å². The second-order valence-corrected chi connectivity index (χ2v) is 8.67. The maximum Gasteiger partial charge on any atom is 0.257 e. The van der Waals surface area contributed by atoms with Crippen LogP contribution >= 0.6 is 0 Å². The van der Waals surface area contributed by atoms with Crippen LogP contribution in [-0.4, -0.2) is 57.6 Å². The smallest absolute Gasteiger partial charge is 0.257 e. The van der Waals surface area contributed by atoms with Gasteiger partial charge in [0.15, 0.2) is 0 Å². The van der Waals surface area contributed by atoms with Gasteiger partial charge >= 0.3 is 0 Å². The minimum Gasteiger partial charge on any atom is -0.378 e. The second kappa shape index (κ2) is 10.7. The van der Waals surface area contributed by atoms with Gasteiger partial charge in [0, 0.05) is 58.2 Å². The molecule has 0 unspecified atom stereocenters. The van der Waals surface area contributed by atoms with Crippen LogP contribution in [0.3, 0.4) is 0 Å². The third kappa shape index (κ3) is 5.37. The molecule has 1 saturated heterocycles. The third-order valence-corrected chi connectivity index (χ3v) is 6.32. The van der Waals surface area contributed by atoms with E-state index in [2.05, 4.69) is 39.4 Å². The normalized spacial score (nSPS) is 15.1. The zero-order chi connectivity index (χ0) is 24.1.